The summed E-state index contributed by atoms with van der Waals surface area (Å²) in [6.07, 6.45) is 42.1. The third kappa shape index (κ3) is 37.2. The molecular formula is C47H87NO7. The third-order valence-corrected chi connectivity index (χ3v) is 10.4. The van der Waals surface area contributed by atoms with Gasteiger partial charge in [-0.2, -0.15) is 0 Å². The molecule has 0 saturated carbocycles. The van der Waals surface area contributed by atoms with Crippen LogP contribution in [0.15, 0.2) is 24.3 Å². The fourth-order valence-corrected chi connectivity index (χ4v) is 6.75. The molecule has 2 atom stereocenters. The number of esters is 2. The lowest BCUT2D eigenvalue weighted by atomic mass is 10.0. The van der Waals surface area contributed by atoms with E-state index in [9.17, 15) is 19.5 Å². The Bertz CT molecular complexity index is 957. The van der Waals surface area contributed by atoms with Gasteiger partial charge in [0.1, 0.15) is 12.6 Å². The maximum absolute atomic E-state index is 12.7. The normalized spacial score (nSPS) is 13.1. The van der Waals surface area contributed by atoms with E-state index in [2.05, 4.69) is 38.2 Å². The van der Waals surface area contributed by atoms with Crippen LogP contribution < -0.4 is 5.11 Å². The number of hydrogen-bond acceptors (Lipinski definition) is 7. The van der Waals surface area contributed by atoms with Gasteiger partial charge in [-0.15, -0.1) is 0 Å². The Balaban J connectivity index is 4.25. The fraction of sp³-hybridized carbons (Fsp3) is 0.851. The Morgan fingerprint density at radius 1 is 0.545 bits per heavy atom. The molecule has 0 aromatic heterocycles. The first-order valence-electron chi connectivity index (χ1n) is 22.9. The molecule has 322 valence electrons. The fourth-order valence-electron chi connectivity index (χ4n) is 6.75. The molecule has 0 spiro atoms. The smallest absolute Gasteiger partial charge is 0.306 e. The predicted molar refractivity (Wildman–Crippen MR) is 227 cm³/mol. The Kier molecular flexibility index (Phi) is 37.1. The van der Waals surface area contributed by atoms with Crippen molar-refractivity contribution in [3.63, 3.8) is 0 Å². The van der Waals surface area contributed by atoms with Gasteiger partial charge in [0, 0.05) is 19.3 Å². The Morgan fingerprint density at radius 2 is 0.964 bits per heavy atom. The van der Waals surface area contributed by atoms with E-state index in [4.69, 9.17) is 14.2 Å². The number of allylic oxidation sites excluding steroid dienone is 4. The number of carboxylic acid groups (broad SMARTS) is 1. The number of ether oxygens (including phenoxy) is 3. The van der Waals surface area contributed by atoms with Crippen LogP contribution in [-0.2, 0) is 28.6 Å². The molecule has 0 aliphatic heterocycles. The maximum Gasteiger partial charge on any atom is 0.306 e. The number of unbranched alkanes of at least 4 members (excludes halogenated alkanes) is 24. The summed E-state index contributed by atoms with van der Waals surface area (Å²) >= 11 is 0. The number of nitrogens with zero attached hydrogens (tertiary/aromatic N) is 1. The average Bonchev–Trinajstić information content (AvgIpc) is 3.14. The van der Waals surface area contributed by atoms with E-state index in [0.29, 0.717) is 12.8 Å². The molecule has 8 nitrogen and oxygen atoms in total. The molecule has 0 aromatic carbocycles. The van der Waals surface area contributed by atoms with Gasteiger partial charge in [-0.25, -0.2) is 0 Å². The molecule has 0 fully saturated rings. The molecule has 0 aliphatic carbocycles. The number of aliphatic carboxylic acids is 1. The molecule has 0 heterocycles. The summed E-state index contributed by atoms with van der Waals surface area (Å²) in [5.41, 5.74) is 0. The second kappa shape index (κ2) is 38.7. The van der Waals surface area contributed by atoms with Crippen LogP contribution in [0.25, 0.3) is 0 Å². The molecule has 2 unspecified atom stereocenters. The van der Waals surface area contributed by atoms with E-state index in [1.54, 1.807) is 21.1 Å². The van der Waals surface area contributed by atoms with Crippen LogP contribution in [0.4, 0.5) is 0 Å². The SMILES string of the molecule is CCCC/C=C/C=C/CCCCCC(=O)OCC(COCCC(C(=O)[O-])[N+](C)(C)C)OC(=O)CCCCCCCCCCCCCCCCCCCCCC. The van der Waals surface area contributed by atoms with Crippen molar-refractivity contribution in [2.45, 2.75) is 219 Å². The molecular weight excluding hydrogens is 691 g/mol. The van der Waals surface area contributed by atoms with Gasteiger partial charge in [0.15, 0.2) is 6.10 Å². The van der Waals surface area contributed by atoms with Crippen molar-refractivity contribution in [2.75, 3.05) is 41.0 Å². The van der Waals surface area contributed by atoms with Crippen LogP contribution >= 0.6 is 0 Å². The number of quaternary nitrogens is 1. The summed E-state index contributed by atoms with van der Waals surface area (Å²) < 4.78 is 17.1. The third-order valence-electron chi connectivity index (χ3n) is 10.4. The van der Waals surface area contributed by atoms with Crippen molar-refractivity contribution in [1.82, 2.24) is 0 Å². The summed E-state index contributed by atoms with van der Waals surface area (Å²) in [5, 5.41) is 11.6. The molecule has 0 N–H and O–H groups in total. The Hall–Kier alpha value is -2.19. The van der Waals surface area contributed by atoms with E-state index in [1.165, 1.54) is 122 Å². The Labute approximate surface area is 339 Å². The highest BCUT2D eigenvalue weighted by Crippen LogP contribution is 2.16. The number of rotatable bonds is 41. The largest absolute Gasteiger partial charge is 0.544 e. The molecule has 0 rings (SSSR count). The van der Waals surface area contributed by atoms with Gasteiger partial charge in [-0.3, -0.25) is 9.59 Å². The lowest BCUT2D eigenvalue weighted by Gasteiger charge is -2.34. The van der Waals surface area contributed by atoms with Gasteiger partial charge >= 0.3 is 11.9 Å². The van der Waals surface area contributed by atoms with E-state index in [1.807, 2.05) is 0 Å². The number of carboxylic acids is 1. The minimum atomic E-state index is -1.13. The van der Waals surface area contributed by atoms with Crippen LogP contribution in [0.3, 0.4) is 0 Å². The van der Waals surface area contributed by atoms with E-state index in [-0.39, 0.29) is 42.7 Å². The van der Waals surface area contributed by atoms with Crippen molar-refractivity contribution in [2.24, 2.45) is 0 Å². The van der Waals surface area contributed by atoms with E-state index in [0.717, 1.165) is 51.4 Å². The van der Waals surface area contributed by atoms with Crippen molar-refractivity contribution >= 4 is 17.9 Å². The minimum Gasteiger partial charge on any atom is -0.544 e. The number of carbonyl (C=O) groups is 3. The topological polar surface area (TPSA) is 102 Å². The molecule has 0 aliphatic rings. The maximum atomic E-state index is 12.7. The van der Waals surface area contributed by atoms with Gasteiger partial charge in [0.25, 0.3) is 0 Å². The second-order valence-corrected chi connectivity index (χ2v) is 16.7. The van der Waals surface area contributed by atoms with Crippen molar-refractivity contribution in [3.8, 4) is 0 Å². The molecule has 0 radical (unpaired) electrons. The highest BCUT2D eigenvalue weighted by molar-refractivity contribution is 5.70. The minimum absolute atomic E-state index is 0.0361. The standard InChI is InChI=1S/C47H87NO7/c1-6-8-10-12-14-16-18-19-20-21-22-23-24-25-26-28-30-32-34-36-38-46(50)55-43(41-53-40-39-44(47(51)52)48(3,4)5)42-54-45(49)37-35-33-31-29-27-17-15-13-11-9-7-2/h13,15,17,27,43-44H,6-12,14,16,18-26,28-42H2,1-5H3/b15-13+,27-17+. The zero-order valence-electron chi connectivity index (χ0n) is 36.6. The van der Waals surface area contributed by atoms with Gasteiger partial charge < -0.3 is 28.6 Å². The van der Waals surface area contributed by atoms with Gasteiger partial charge in [0.2, 0.25) is 0 Å². The Morgan fingerprint density at radius 3 is 1.42 bits per heavy atom. The summed E-state index contributed by atoms with van der Waals surface area (Å²) in [4.78, 5) is 36.8. The molecule has 0 amide bonds. The quantitative estimate of drug-likeness (QED) is 0.0264. The van der Waals surface area contributed by atoms with Crippen LogP contribution in [0, 0.1) is 0 Å². The zero-order valence-corrected chi connectivity index (χ0v) is 36.6. The highest BCUT2D eigenvalue weighted by atomic mass is 16.6. The first kappa shape index (κ1) is 52.8. The van der Waals surface area contributed by atoms with Crippen molar-refractivity contribution < 1.29 is 38.2 Å². The molecule has 55 heavy (non-hydrogen) atoms. The highest BCUT2D eigenvalue weighted by Gasteiger charge is 2.25. The zero-order chi connectivity index (χ0) is 40.7. The number of carbonyl (C=O) groups excluding carboxylic acids is 3. The molecule has 0 saturated heterocycles. The summed E-state index contributed by atoms with van der Waals surface area (Å²) in [5.74, 6) is -1.76. The average molecular weight is 778 g/mol. The van der Waals surface area contributed by atoms with Crippen LogP contribution in [0.5, 0.6) is 0 Å². The van der Waals surface area contributed by atoms with Crippen LogP contribution in [0.1, 0.15) is 206 Å². The first-order valence-corrected chi connectivity index (χ1v) is 22.9. The lowest BCUT2D eigenvalue weighted by Crippen LogP contribution is -2.55. The van der Waals surface area contributed by atoms with Gasteiger partial charge in [-0.1, -0.05) is 179 Å². The molecule has 8 heteroatoms. The van der Waals surface area contributed by atoms with Gasteiger partial charge in [-0.05, 0) is 32.1 Å². The summed E-state index contributed by atoms with van der Waals surface area (Å²) in [6.45, 7) is 4.60. The second-order valence-electron chi connectivity index (χ2n) is 16.7. The molecule has 0 aromatic rings. The van der Waals surface area contributed by atoms with Crippen LogP contribution in [-0.4, -0.2) is 75.5 Å². The summed E-state index contributed by atoms with van der Waals surface area (Å²) in [6, 6.07) is -0.726. The van der Waals surface area contributed by atoms with Crippen molar-refractivity contribution in [3.05, 3.63) is 24.3 Å². The predicted octanol–water partition coefficient (Wildman–Crippen LogP) is 11.1. The van der Waals surface area contributed by atoms with E-state index < -0.39 is 18.1 Å². The van der Waals surface area contributed by atoms with E-state index >= 15 is 0 Å². The lowest BCUT2D eigenvalue weighted by molar-refractivity contribution is -0.889. The first-order chi connectivity index (χ1) is 26.6. The number of likely N-dealkylation sites (N-methyl/N-ethyl adjacent to an activating group) is 1. The van der Waals surface area contributed by atoms with Crippen LogP contribution in [0.2, 0.25) is 0 Å². The number of hydrogen-bond donors (Lipinski definition) is 0. The monoisotopic (exact) mass is 778 g/mol. The van der Waals surface area contributed by atoms with Crippen molar-refractivity contribution in [1.29, 1.82) is 0 Å². The van der Waals surface area contributed by atoms with Gasteiger partial charge in [0.05, 0.1) is 40.3 Å². The molecule has 0 bridgehead atoms. The summed E-state index contributed by atoms with van der Waals surface area (Å²) in [7, 11) is 5.40.